The normalized spacial score (nSPS) is 14.9. The molecule has 0 spiro atoms. The molecule has 0 aliphatic carbocycles. The predicted molar refractivity (Wildman–Crippen MR) is 79.6 cm³/mol. The third-order valence-corrected chi connectivity index (χ3v) is 4.03. The molecular weight excluding hydrogens is 338 g/mol. The van der Waals surface area contributed by atoms with E-state index >= 15 is 4.39 Å². The van der Waals surface area contributed by atoms with Gasteiger partial charge >= 0.3 is 0 Å². The summed E-state index contributed by atoms with van der Waals surface area (Å²) >= 11 is 0. The Bertz CT molecular complexity index is 871. The fourth-order valence-electron chi connectivity index (χ4n) is 2.69. The van der Waals surface area contributed by atoms with E-state index < -0.39 is 41.1 Å². The summed E-state index contributed by atoms with van der Waals surface area (Å²) in [5, 5.41) is 3.81. The second-order valence-corrected chi connectivity index (χ2v) is 5.56. The van der Waals surface area contributed by atoms with Crippen LogP contribution < -0.4 is 0 Å². The second kappa shape index (κ2) is 6.58. The highest BCUT2D eigenvalue weighted by molar-refractivity contribution is 5.30. The van der Waals surface area contributed by atoms with Gasteiger partial charge in [0.15, 0.2) is 11.5 Å². The molecule has 0 saturated heterocycles. The highest BCUT2D eigenvalue weighted by Crippen LogP contribution is 2.43. The van der Waals surface area contributed by atoms with E-state index in [4.69, 9.17) is 0 Å². The first kappa shape index (κ1) is 17.0. The van der Waals surface area contributed by atoms with Crippen LogP contribution in [0.2, 0.25) is 0 Å². The van der Waals surface area contributed by atoms with Crippen LogP contribution in [0.4, 0.5) is 17.6 Å². The monoisotopic (exact) mass is 351 g/mol. The van der Waals surface area contributed by atoms with Gasteiger partial charge in [0.2, 0.25) is 0 Å². The van der Waals surface area contributed by atoms with Crippen molar-refractivity contribution in [1.82, 2.24) is 24.7 Å². The number of hydrogen-bond donors (Lipinski definition) is 0. The number of aromatic nitrogens is 5. The van der Waals surface area contributed by atoms with Crippen molar-refractivity contribution in [1.29, 1.82) is 0 Å². The van der Waals surface area contributed by atoms with Gasteiger partial charge in [-0.3, -0.25) is 0 Å². The minimum atomic E-state index is -2.46. The summed E-state index contributed by atoms with van der Waals surface area (Å²) in [7, 11) is 0. The van der Waals surface area contributed by atoms with Gasteiger partial charge in [-0.1, -0.05) is 6.92 Å². The summed E-state index contributed by atoms with van der Waals surface area (Å²) < 4.78 is 58.8. The van der Waals surface area contributed by atoms with Gasteiger partial charge < -0.3 is 0 Å². The molecule has 0 fully saturated rings. The molecule has 25 heavy (non-hydrogen) atoms. The summed E-state index contributed by atoms with van der Waals surface area (Å²) in [6.45, 7) is 0.908. The number of rotatable bonds is 5. The zero-order chi connectivity index (χ0) is 18.0. The molecule has 0 N–H and O–H groups in total. The van der Waals surface area contributed by atoms with Crippen LogP contribution in [0.25, 0.3) is 0 Å². The van der Waals surface area contributed by atoms with Gasteiger partial charge in [-0.25, -0.2) is 37.2 Å². The molecule has 2 atom stereocenters. The first-order valence-corrected chi connectivity index (χ1v) is 7.34. The van der Waals surface area contributed by atoms with E-state index in [1.54, 1.807) is 0 Å². The molecular formula is C16H13F4N5. The van der Waals surface area contributed by atoms with Crippen LogP contribution in [-0.2, 0) is 12.2 Å². The van der Waals surface area contributed by atoms with E-state index in [9.17, 15) is 13.2 Å². The summed E-state index contributed by atoms with van der Waals surface area (Å²) in [6, 6.07) is 2.52. The summed E-state index contributed by atoms with van der Waals surface area (Å²) in [4.78, 5) is 11.0. The number of alkyl halides is 1. The number of nitrogens with zero attached hydrogens (tertiary/aromatic N) is 5. The number of benzene rings is 1. The maximum absolute atomic E-state index is 16.1. The van der Waals surface area contributed by atoms with Crippen LogP contribution in [0.5, 0.6) is 0 Å². The Kier molecular flexibility index (Phi) is 4.47. The second-order valence-electron chi connectivity index (χ2n) is 5.56. The molecule has 2 heterocycles. The van der Waals surface area contributed by atoms with Crippen molar-refractivity contribution in [2.45, 2.75) is 25.1 Å². The van der Waals surface area contributed by atoms with Gasteiger partial charge in [0, 0.05) is 17.5 Å². The van der Waals surface area contributed by atoms with E-state index in [-0.39, 0.29) is 5.69 Å². The summed E-state index contributed by atoms with van der Waals surface area (Å²) in [5.74, 6) is -3.95. The summed E-state index contributed by atoms with van der Waals surface area (Å²) in [5.41, 5.74) is -3.10. The van der Waals surface area contributed by atoms with Crippen molar-refractivity contribution in [2.75, 3.05) is 0 Å². The Balaban J connectivity index is 2.13. The van der Waals surface area contributed by atoms with E-state index in [2.05, 4.69) is 20.1 Å². The lowest BCUT2D eigenvalue weighted by Crippen LogP contribution is -2.35. The molecule has 1 aromatic carbocycles. The SMILES string of the molecule is C[C@@H](c1ncncc1F)[C@@](F)(Cn1cncn1)c1ccc(F)cc1F. The Labute approximate surface area is 140 Å². The van der Waals surface area contributed by atoms with Gasteiger partial charge in [-0.15, -0.1) is 0 Å². The third kappa shape index (κ3) is 3.21. The highest BCUT2D eigenvalue weighted by atomic mass is 19.2. The van der Waals surface area contributed by atoms with Gasteiger partial charge in [0.25, 0.3) is 0 Å². The van der Waals surface area contributed by atoms with Gasteiger partial charge in [-0.2, -0.15) is 5.10 Å². The fraction of sp³-hybridized carbons (Fsp3) is 0.250. The van der Waals surface area contributed by atoms with E-state index in [1.807, 2.05) is 0 Å². The molecule has 130 valence electrons. The third-order valence-electron chi connectivity index (χ3n) is 4.03. The Morgan fingerprint density at radius 1 is 1.12 bits per heavy atom. The average Bonchev–Trinajstić information content (AvgIpc) is 3.07. The van der Waals surface area contributed by atoms with Crippen molar-refractivity contribution >= 4 is 0 Å². The largest absolute Gasteiger partial charge is 0.249 e. The molecule has 3 rings (SSSR count). The quantitative estimate of drug-likeness (QED) is 0.663. The fourth-order valence-corrected chi connectivity index (χ4v) is 2.69. The van der Waals surface area contributed by atoms with Gasteiger partial charge in [-0.05, 0) is 12.1 Å². The van der Waals surface area contributed by atoms with Crippen LogP contribution in [0, 0.1) is 17.5 Å². The molecule has 3 aromatic rings. The Morgan fingerprint density at radius 3 is 2.56 bits per heavy atom. The molecule has 2 aromatic heterocycles. The first-order chi connectivity index (χ1) is 11.9. The molecule has 0 aliphatic rings. The smallest absolute Gasteiger partial charge is 0.166 e. The average molecular weight is 351 g/mol. The molecule has 0 bridgehead atoms. The van der Waals surface area contributed by atoms with Crippen molar-refractivity contribution in [2.24, 2.45) is 0 Å². The van der Waals surface area contributed by atoms with E-state index in [1.165, 1.54) is 19.6 Å². The van der Waals surface area contributed by atoms with E-state index in [0.717, 1.165) is 29.3 Å². The minimum absolute atomic E-state index is 0.221. The minimum Gasteiger partial charge on any atom is -0.249 e. The van der Waals surface area contributed by atoms with Crippen LogP contribution in [-0.4, -0.2) is 24.7 Å². The van der Waals surface area contributed by atoms with Crippen molar-refractivity contribution < 1.29 is 17.6 Å². The predicted octanol–water partition coefficient (Wildman–Crippen LogP) is 3.15. The van der Waals surface area contributed by atoms with E-state index in [0.29, 0.717) is 6.07 Å². The molecule has 0 saturated carbocycles. The number of halogens is 4. The Hall–Kier alpha value is -2.84. The van der Waals surface area contributed by atoms with Crippen molar-refractivity contribution in [3.8, 4) is 0 Å². The molecule has 0 unspecified atom stereocenters. The topological polar surface area (TPSA) is 56.5 Å². The zero-order valence-corrected chi connectivity index (χ0v) is 13.1. The van der Waals surface area contributed by atoms with Crippen molar-refractivity contribution in [3.63, 3.8) is 0 Å². The van der Waals surface area contributed by atoms with Crippen LogP contribution in [0.3, 0.4) is 0 Å². The molecule has 0 aliphatic heterocycles. The highest BCUT2D eigenvalue weighted by Gasteiger charge is 2.44. The molecule has 9 heteroatoms. The first-order valence-electron chi connectivity index (χ1n) is 7.34. The van der Waals surface area contributed by atoms with Gasteiger partial charge in [0.1, 0.15) is 30.6 Å². The molecule has 0 radical (unpaired) electrons. The Morgan fingerprint density at radius 2 is 1.92 bits per heavy atom. The number of hydrogen-bond acceptors (Lipinski definition) is 4. The summed E-state index contributed by atoms with van der Waals surface area (Å²) in [6.07, 6.45) is 4.41. The van der Waals surface area contributed by atoms with Crippen LogP contribution in [0.15, 0.2) is 43.4 Å². The van der Waals surface area contributed by atoms with Crippen molar-refractivity contribution in [3.05, 3.63) is 72.1 Å². The van der Waals surface area contributed by atoms with Gasteiger partial charge in [0.05, 0.1) is 18.4 Å². The molecule has 0 amide bonds. The lowest BCUT2D eigenvalue weighted by molar-refractivity contribution is 0.0906. The van der Waals surface area contributed by atoms with Crippen LogP contribution >= 0.6 is 0 Å². The lowest BCUT2D eigenvalue weighted by Gasteiger charge is -2.32. The maximum atomic E-state index is 16.1. The molecule has 5 nitrogen and oxygen atoms in total. The zero-order valence-electron chi connectivity index (χ0n) is 13.1. The maximum Gasteiger partial charge on any atom is 0.166 e. The lowest BCUT2D eigenvalue weighted by atomic mass is 9.81. The standard InChI is InChI=1S/C16H13F4N5/c1-10(15-14(19)5-21-7-23-15)16(20,6-25-9-22-8-24-25)12-3-2-11(17)4-13(12)18/h2-5,7-10H,6H2,1H3/t10-,16-/m0/s1. The van der Waals surface area contributed by atoms with Crippen LogP contribution in [0.1, 0.15) is 24.1 Å².